The number of primary sulfonamides is 1. The Morgan fingerprint density at radius 2 is 2.00 bits per heavy atom. The summed E-state index contributed by atoms with van der Waals surface area (Å²) in [6, 6.07) is 3.90. The normalized spacial score (nSPS) is 13.3. The predicted octanol–water partition coefficient (Wildman–Crippen LogP) is 2.31. The van der Waals surface area contributed by atoms with Gasteiger partial charge in [0.2, 0.25) is 10.0 Å². The summed E-state index contributed by atoms with van der Waals surface area (Å²) in [7, 11) is -3.81. The lowest BCUT2D eigenvalue weighted by atomic mass is 10.2. The first-order valence-electron chi connectivity index (χ1n) is 6.94. The Kier molecular flexibility index (Phi) is 6.26. The number of amides is 1. The molecule has 1 aromatic rings. The molecule has 130 valence electrons. The lowest BCUT2D eigenvalue weighted by Crippen LogP contribution is -2.38. The quantitative estimate of drug-likeness (QED) is 0.743. The third kappa shape index (κ3) is 7.06. The first-order valence-corrected chi connectivity index (χ1v) is 8.86. The number of hydrogen-bond donors (Lipinski definition) is 3. The van der Waals surface area contributed by atoms with Gasteiger partial charge in [-0.2, -0.15) is 0 Å². The summed E-state index contributed by atoms with van der Waals surface area (Å²) >= 11 is 6.03. The molecule has 0 aliphatic carbocycles. The van der Waals surface area contributed by atoms with Gasteiger partial charge in [0.1, 0.15) is 5.60 Å². The molecular formula is C14H22ClN3O4S. The number of anilines is 1. The maximum atomic E-state index is 11.6. The van der Waals surface area contributed by atoms with E-state index in [2.05, 4.69) is 10.6 Å². The molecule has 0 fully saturated rings. The van der Waals surface area contributed by atoms with Crippen molar-refractivity contribution in [3.8, 4) is 0 Å². The largest absolute Gasteiger partial charge is 0.444 e. The molecule has 1 aromatic carbocycles. The molecule has 0 aromatic heterocycles. The van der Waals surface area contributed by atoms with E-state index in [4.69, 9.17) is 21.5 Å². The van der Waals surface area contributed by atoms with Gasteiger partial charge in [-0.1, -0.05) is 11.6 Å². The average molecular weight is 364 g/mol. The number of nitrogens with two attached hydrogens (primary N) is 1. The minimum absolute atomic E-state index is 0.0447. The first kappa shape index (κ1) is 19.5. The average Bonchev–Trinajstić information content (AvgIpc) is 2.35. The van der Waals surface area contributed by atoms with E-state index in [1.807, 2.05) is 0 Å². The third-order valence-electron chi connectivity index (χ3n) is 2.62. The highest BCUT2D eigenvalue weighted by Gasteiger charge is 2.17. The number of benzene rings is 1. The van der Waals surface area contributed by atoms with Gasteiger partial charge in [-0.3, -0.25) is 0 Å². The van der Waals surface area contributed by atoms with Gasteiger partial charge in [0, 0.05) is 12.6 Å². The van der Waals surface area contributed by atoms with E-state index in [1.165, 1.54) is 18.2 Å². The van der Waals surface area contributed by atoms with E-state index in [-0.39, 0.29) is 17.5 Å². The number of hydrogen-bond acceptors (Lipinski definition) is 5. The molecule has 0 aliphatic rings. The van der Waals surface area contributed by atoms with Crippen LogP contribution in [0.5, 0.6) is 0 Å². The van der Waals surface area contributed by atoms with Crippen LogP contribution in [0.25, 0.3) is 0 Å². The van der Waals surface area contributed by atoms with Gasteiger partial charge in [-0.05, 0) is 45.9 Å². The second-order valence-corrected chi connectivity index (χ2v) is 8.08. The Bertz CT molecular complexity index is 671. The second kappa shape index (κ2) is 7.37. The zero-order chi connectivity index (χ0) is 17.8. The fourth-order valence-electron chi connectivity index (χ4n) is 1.66. The number of sulfonamides is 1. The van der Waals surface area contributed by atoms with Crippen LogP contribution in [-0.2, 0) is 14.8 Å². The van der Waals surface area contributed by atoms with Crippen molar-refractivity contribution in [1.82, 2.24) is 5.32 Å². The van der Waals surface area contributed by atoms with Gasteiger partial charge in [-0.25, -0.2) is 18.4 Å². The summed E-state index contributed by atoms with van der Waals surface area (Å²) in [5.41, 5.74) is -0.162. The molecule has 0 saturated carbocycles. The van der Waals surface area contributed by atoms with E-state index >= 15 is 0 Å². The van der Waals surface area contributed by atoms with Crippen molar-refractivity contribution in [3.05, 3.63) is 23.2 Å². The second-order valence-electron chi connectivity index (χ2n) is 6.11. The molecule has 1 rings (SSSR count). The van der Waals surface area contributed by atoms with Crippen molar-refractivity contribution in [2.45, 2.75) is 44.2 Å². The van der Waals surface area contributed by atoms with Gasteiger partial charge in [0.25, 0.3) is 0 Å². The third-order valence-corrected chi connectivity index (χ3v) is 3.86. The van der Waals surface area contributed by atoms with Crippen LogP contribution < -0.4 is 15.8 Å². The minimum atomic E-state index is -3.81. The van der Waals surface area contributed by atoms with Crippen LogP contribution in [0.1, 0.15) is 27.7 Å². The molecule has 7 nitrogen and oxygen atoms in total. The van der Waals surface area contributed by atoms with Crippen molar-refractivity contribution >= 4 is 33.4 Å². The molecule has 0 spiro atoms. The van der Waals surface area contributed by atoms with Crippen LogP contribution in [0.4, 0.5) is 10.5 Å². The fraction of sp³-hybridized carbons (Fsp3) is 0.500. The topological polar surface area (TPSA) is 111 Å². The molecule has 0 bridgehead atoms. The lowest BCUT2D eigenvalue weighted by molar-refractivity contribution is 0.0526. The van der Waals surface area contributed by atoms with Crippen molar-refractivity contribution in [2.75, 3.05) is 11.9 Å². The Balaban J connectivity index is 2.67. The maximum absolute atomic E-state index is 11.6. The van der Waals surface area contributed by atoms with Crippen LogP contribution in [0, 0.1) is 0 Å². The summed E-state index contributed by atoms with van der Waals surface area (Å²) in [5, 5.41) is 11.1. The molecule has 1 amide bonds. The van der Waals surface area contributed by atoms with E-state index in [9.17, 15) is 13.2 Å². The minimum Gasteiger partial charge on any atom is -0.444 e. The summed E-state index contributed by atoms with van der Waals surface area (Å²) < 4.78 is 27.9. The standard InChI is InChI=1S/C14H22ClN3O4S/c1-9(8-17-13(19)22-14(2,3)4)18-12-7-10(23(16,20)21)5-6-11(12)15/h5-7,9,18H,8H2,1-4H3,(H,17,19)(H2,16,20,21). The van der Waals surface area contributed by atoms with Gasteiger partial charge in [0.15, 0.2) is 0 Å². The molecule has 0 saturated heterocycles. The van der Waals surface area contributed by atoms with Gasteiger partial charge < -0.3 is 15.4 Å². The van der Waals surface area contributed by atoms with Crippen molar-refractivity contribution in [1.29, 1.82) is 0 Å². The molecule has 23 heavy (non-hydrogen) atoms. The number of carbonyl (C=O) groups excluding carboxylic acids is 1. The zero-order valence-electron chi connectivity index (χ0n) is 13.5. The van der Waals surface area contributed by atoms with Crippen LogP contribution in [0.3, 0.4) is 0 Å². The Morgan fingerprint density at radius 1 is 1.39 bits per heavy atom. The summed E-state index contributed by atoms with van der Waals surface area (Å²) in [6.07, 6.45) is -0.532. The number of ether oxygens (including phenoxy) is 1. The Morgan fingerprint density at radius 3 is 2.52 bits per heavy atom. The number of halogens is 1. The smallest absolute Gasteiger partial charge is 0.407 e. The summed E-state index contributed by atoms with van der Waals surface area (Å²) in [6.45, 7) is 7.38. The molecule has 1 unspecified atom stereocenters. The van der Waals surface area contributed by atoms with Crippen molar-refractivity contribution in [2.24, 2.45) is 5.14 Å². The summed E-state index contributed by atoms with van der Waals surface area (Å²) in [4.78, 5) is 11.5. The Hall–Kier alpha value is -1.51. The lowest BCUT2D eigenvalue weighted by Gasteiger charge is -2.21. The molecule has 4 N–H and O–H groups in total. The zero-order valence-corrected chi connectivity index (χ0v) is 15.1. The molecule has 0 aliphatic heterocycles. The van der Waals surface area contributed by atoms with E-state index in [0.29, 0.717) is 10.7 Å². The van der Waals surface area contributed by atoms with Gasteiger partial charge >= 0.3 is 6.09 Å². The highest BCUT2D eigenvalue weighted by atomic mass is 35.5. The molecule has 1 atom stereocenters. The van der Waals surface area contributed by atoms with E-state index in [0.717, 1.165) is 0 Å². The number of carbonyl (C=O) groups is 1. The van der Waals surface area contributed by atoms with Crippen LogP contribution in [0.2, 0.25) is 5.02 Å². The Labute approximate surface area is 141 Å². The van der Waals surface area contributed by atoms with Crippen LogP contribution >= 0.6 is 11.6 Å². The summed E-state index contributed by atoms with van der Waals surface area (Å²) in [5.74, 6) is 0. The highest BCUT2D eigenvalue weighted by Crippen LogP contribution is 2.25. The predicted molar refractivity (Wildman–Crippen MR) is 90.1 cm³/mol. The number of alkyl carbamates (subject to hydrolysis) is 1. The number of nitrogens with one attached hydrogen (secondary N) is 2. The highest BCUT2D eigenvalue weighted by molar-refractivity contribution is 7.89. The maximum Gasteiger partial charge on any atom is 0.407 e. The monoisotopic (exact) mass is 363 g/mol. The van der Waals surface area contributed by atoms with E-state index in [1.54, 1.807) is 27.7 Å². The van der Waals surface area contributed by atoms with Crippen LogP contribution in [-0.4, -0.2) is 32.7 Å². The van der Waals surface area contributed by atoms with Gasteiger partial charge in [0.05, 0.1) is 15.6 Å². The first-order chi connectivity index (χ1) is 10.4. The fourth-order valence-corrected chi connectivity index (χ4v) is 2.37. The molecule has 9 heteroatoms. The van der Waals surface area contributed by atoms with E-state index < -0.39 is 21.7 Å². The molecular weight excluding hydrogens is 342 g/mol. The van der Waals surface area contributed by atoms with Crippen molar-refractivity contribution < 1.29 is 17.9 Å². The SMILES string of the molecule is CC(CNC(=O)OC(C)(C)C)Nc1cc(S(N)(=O)=O)ccc1Cl. The molecule has 0 radical (unpaired) electrons. The number of rotatable bonds is 5. The molecule has 0 heterocycles. The van der Waals surface area contributed by atoms with Crippen LogP contribution in [0.15, 0.2) is 23.1 Å². The van der Waals surface area contributed by atoms with Gasteiger partial charge in [-0.15, -0.1) is 0 Å². The van der Waals surface area contributed by atoms with Crippen molar-refractivity contribution in [3.63, 3.8) is 0 Å².